The van der Waals surface area contributed by atoms with Crippen molar-refractivity contribution in [3.05, 3.63) is 29.6 Å². The molecule has 1 aliphatic rings. The van der Waals surface area contributed by atoms with E-state index in [-0.39, 0.29) is 19.0 Å². The molecule has 2 heterocycles. The highest BCUT2D eigenvalue weighted by Gasteiger charge is 2.13. The van der Waals surface area contributed by atoms with Crippen molar-refractivity contribution in [1.29, 1.82) is 0 Å². The second kappa shape index (κ2) is 5.46. The van der Waals surface area contributed by atoms with Gasteiger partial charge in [0.05, 0.1) is 6.42 Å². The topological polar surface area (TPSA) is 73.3 Å². The molecule has 20 heavy (non-hydrogen) atoms. The van der Waals surface area contributed by atoms with Crippen LogP contribution in [0.1, 0.15) is 18.3 Å². The van der Waals surface area contributed by atoms with Crippen LogP contribution in [0.3, 0.4) is 0 Å². The van der Waals surface area contributed by atoms with Gasteiger partial charge in [0, 0.05) is 18.1 Å². The van der Waals surface area contributed by atoms with Crippen LogP contribution >= 0.6 is 11.5 Å². The first-order valence-electron chi connectivity index (χ1n) is 6.15. The maximum Gasteiger partial charge on any atom is 0.231 e. The Labute approximate surface area is 119 Å². The van der Waals surface area contributed by atoms with Gasteiger partial charge in [0.25, 0.3) is 0 Å². The predicted octanol–water partition coefficient (Wildman–Crippen LogP) is 2.01. The molecule has 3 rings (SSSR count). The van der Waals surface area contributed by atoms with Gasteiger partial charge in [-0.3, -0.25) is 4.79 Å². The molecular weight excluding hydrogens is 278 g/mol. The normalized spacial score (nSPS) is 12.4. The van der Waals surface area contributed by atoms with Crippen LogP contribution < -0.4 is 14.8 Å². The van der Waals surface area contributed by atoms with Gasteiger partial charge in [-0.15, -0.1) is 0 Å². The Bertz CT molecular complexity index is 642. The average molecular weight is 291 g/mol. The monoisotopic (exact) mass is 291 g/mol. The molecule has 0 spiro atoms. The van der Waals surface area contributed by atoms with Gasteiger partial charge in [-0.25, -0.2) is 4.98 Å². The van der Waals surface area contributed by atoms with Crippen molar-refractivity contribution < 1.29 is 14.3 Å². The molecule has 1 aliphatic heterocycles. The highest BCUT2D eigenvalue weighted by Crippen LogP contribution is 2.32. The van der Waals surface area contributed by atoms with Gasteiger partial charge < -0.3 is 14.8 Å². The highest BCUT2D eigenvalue weighted by atomic mass is 32.1. The lowest BCUT2D eigenvalue weighted by molar-refractivity contribution is -0.116. The summed E-state index contributed by atoms with van der Waals surface area (Å²) >= 11 is 1.26. The molecule has 2 aromatic rings. The van der Waals surface area contributed by atoms with E-state index in [0.717, 1.165) is 17.1 Å². The van der Waals surface area contributed by atoms with Crippen molar-refractivity contribution in [2.75, 3.05) is 12.1 Å². The largest absolute Gasteiger partial charge is 0.454 e. The summed E-state index contributed by atoms with van der Waals surface area (Å²) in [7, 11) is 0. The minimum absolute atomic E-state index is 0.0603. The average Bonchev–Trinajstić information content (AvgIpc) is 3.03. The predicted molar refractivity (Wildman–Crippen MR) is 74.2 cm³/mol. The molecule has 0 fully saturated rings. The van der Waals surface area contributed by atoms with Crippen molar-refractivity contribution >= 4 is 22.4 Å². The first kappa shape index (κ1) is 12.9. The molecule has 0 amide bonds. The number of ketones is 1. The molecule has 1 aromatic heterocycles. The van der Waals surface area contributed by atoms with Gasteiger partial charge in [-0.1, -0.05) is 6.07 Å². The lowest BCUT2D eigenvalue weighted by atomic mass is 10.2. The van der Waals surface area contributed by atoms with Gasteiger partial charge >= 0.3 is 0 Å². The number of nitrogens with zero attached hydrogens (tertiary/aromatic N) is 2. The summed E-state index contributed by atoms with van der Waals surface area (Å²) in [4.78, 5) is 15.2. The van der Waals surface area contributed by atoms with E-state index in [1.807, 2.05) is 18.2 Å². The van der Waals surface area contributed by atoms with Crippen molar-refractivity contribution in [1.82, 2.24) is 9.36 Å². The third kappa shape index (κ3) is 2.88. The van der Waals surface area contributed by atoms with Crippen LogP contribution in [0.25, 0.3) is 0 Å². The van der Waals surface area contributed by atoms with E-state index in [4.69, 9.17) is 9.47 Å². The number of benzene rings is 1. The van der Waals surface area contributed by atoms with E-state index in [9.17, 15) is 4.79 Å². The number of ether oxygens (including phenoxy) is 2. The van der Waals surface area contributed by atoms with Crippen molar-refractivity contribution in [3.63, 3.8) is 0 Å². The first-order valence-corrected chi connectivity index (χ1v) is 6.92. The van der Waals surface area contributed by atoms with E-state index in [2.05, 4.69) is 14.7 Å². The molecule has 0 saturated carbocycles. The van der Waals surface area contributed by atoms with Crippen molar-refractivity contribution in [3.8, 4) is 11.5 Å². The third-order valence-corrected chi connectivity index (χ3v) is 3.47. The standard InChI is InChI=1S/C13H13N3O3S/c1-8(17)4-12-15-13(20-16-12)14-6-9-2-3-10-11(5-9)19-7-18-10/h2-3,5H,4,6-7H2,1H3,(H,14,15,16). The Morgan fingerprint density at radius 1 is 1.40 bits per heavy atom. The van der Waals surface area contributed by atoms with E-state index >= 15 is 0 Å². The summed E-state index contributed by atoms with van der Waals surface area (Å²) in [5, 5.41) is 3.89. The van der Waals surface area contributed by atoms with E-state index < -0.39 is 0 Å². The second-order valence-corrected chi connectivity index (χ2v) is 5.19. The molecule has 104 valence electrons. The Kier molecular flexibility index (Phi) is 3.51. The smallest absolute Gasteiger partial charge is 0.231 e. The molecule has 0 saturated heterocycles. The fraction of sp³-hybridized carbons (Fsp3) is 0.308. The lowest BCUT2D eigenvalue weighted by Gasteiger charge is -2.03. The molecule has 0 unspecified atom stereocenters. The summed E-state index contributed by atoms with van der Waals surface area (Å²) in [6, 6.07) is 5.80. The minimum atomic E-state index is 0.0603. The number of hydrogen-bond donors (Lipinski definition) is 1. The molecule has 0 atom stereocenters. The highest BCUT2D eigenvalue weighted by molar-refractivity contribution is 7.09. The number of aromatic nitrogens is 2. The first-order chi connectivity index (χ1) is 9.70. The molecule has 1 aromatic carbocycles. The van der Waals surface area contributed by atoms with Crippen LogP contribution in [-0.2, 0) is 17.8 Å². The summed E-state index contributed by atoms with van der Waals surface area (Å²) in [5.74, 6) is 2.16. The Hall–Kier alpha value is -2.15. The second-order valence-electron chi connectivity index (χ2n) is 4.44. The summed E-state index contributed by atoms with van der Waals surface area (Å²) in [5.41, 5.74) is 1.07. The van der Waals surface area contributed by atoms with Crippen molar-refractivity contribution in [2.45, 2.75) is 19.9 Å². The number of nitrogens with one attached hydrogen (secondary N) is 1. The van der Waals surface area contributed by atoms with Crippen LogP contribution in [0, 0.1) is 0 Å². The fourth-order valence-corrected chi connectivity index (χ4v) is 2.43. The van der Waals surface area contributed by atoms with Crippen LogP contribution in [0.15, 0.2) is 18.2 Å². The number of Topliss-reactive ketones (excluding diaryl/α,β-unsaturated/α-hetero) is 1. The number of hydrogen-bond acceptors (Lipinski definition) is 7. The summed E-state index contributed by atoms with van der Waals surface area (Å²) < 4.78 is 14.7. The fourth-order valence-electron chi connectivity index (χ4n) is 1.85. The molecule has 7 heteroatoms. The molecule has 0 radical (unpaired) electrons. The van der Waals surface area contributed by atoms with Gasteiger partial charge in [0.1, 0.15) is 5.78 Å². The zero-order chi connectivity index (χ0) is 13.9. The lowest BCUT2D eigenvalue weighted by Crippen LogP contribution is -2.01. The van der Waals surface area contributed by atoms with E-state index in [1.165, 1.54) is 18.5 Å². The molecule has 1 N–H and O–H groups in total. The maximum atomic E-state index is 11.0. The quantitative estimate of drug-likeness (QED) is 0.908. The number of carbonyl (C=O) groups excluding carboxylic acids is 1. The van der Waals surface area contributed by atoms with Crippen LogP contribution in [-0.4, -0.2) is 21.9 Å². The van der Waals surface area contributed by atoms with Gasteiger partial charge in [-0.2, -0.15) is 4.37 Å². The number of anilines is 1. The molecular formula is C13H13N3O3S. The zero-order valence-electron chi connectivity index (χ0n) is 10.9. The molecule has 0 aliphatic carbocycles. The van der Waals surface area contributed by atoms with Crippen molar-refractivity contribution in [2.24, 2.45) is 0 Å². The number of rotatable bonds is 5. The van der Waals surface area contributed by atoms with Gasteiger partial charge in [0.2, 0.25) is 11.9 Å². The maximum absolute atomic E-state index is 11.0. The SMILES string of the molecule is CC(=O)Cc1nsc(NCc2ccc3c(c2)OCO3)n1. The Morgan fingerprint density at radius 3 is 3.10 bits per heavy atom. The van der Waals surface area contributed by atoms with Crippen LogP contribution in [0.2, 0.25) is 0 Å². The van der Waals surface area contributed by atoms with Gasteiger partial charge in [0.15, 0.2) is 17.3 Å². The third-order valence-electron chi connectivity index (χ3n) is 2.76. The number of fused-ring (bicyclic) bond motifs is 1. The number of carbonyl (C=O) groups is 1. The molecule has 6 nitrogen and oxygen atoms in total. The van der Waals surface area contributed by atoms with Crippen LogP contribution in [0.5, 0.6) is 11.5 Å². The Morgan fingerprint density at radius 2 is 2.25 bits per heavy atom. The molecule has 0 bridgehead atoms. The Balaban J connectivity index is 1.61. The summed E-state index contributed by atoms with van der Waals surface area (Å²) in [6.07, 6.45) is 0.280. The van der Waals surface area contributed by atoms with E-state index in [0.29, 0.717) is 17.5 Å². The van der Waals surface area contributed by atoms with Crippen LogP contribution in [0.4, 0.5) is 5.13 Å². The van der Waals surface area contributed by atoms with Gasteiger partial charge in [-0.05, 0) is 24.6 Å². The zero-order valence-corrected chi connectivity index (χ0v) is 11.7. The summed E-state index contributed by atoms with van der Waals surface area (Å²) in [6.45, 7) is 2.42. The van der Waals surface area contributed by atoms with E-state index in [1.54, 1.807) is 0 Å². The minimum Gasteiger partial charge on any atom is -0.454 e.